The van der Waals surface area contributed by atoms with Crippen LogP contribution in [0.25, 0.3) is 0 Å². The van der Waals surface area contributed by atoms with E-state index in [9.17, 15) is 9.59 Å². The summed E-state index contributed by atoms with van der Waals surface area (Å²) in [5, 5.41) is 0. The van der Waals surface area contributed by atoms with Crippen LogP contribution < -0.4 is 4.74 Å². The number of amides is 2. The highest BCUT2D eigenvalue weighted by Gasteiger charge is 2.36. The number of ether oxygens (including phenoxy) is 1. The lowest BCUT2D eigenvalue weighted by molar-refractivity contribution is -0.146. The first-order chi connectivity index (χ1) is 10.1. The first kappa shape index (κ1) is 13.9. The highest BCUT2D eigenvalue weighted by molar-refractivity contribution is 5.87. The average molecular weight is 288 g/mol. The Morgan fingerprint density at radius 1 is 1.24 bits per heavy atom. The van der Waals surface area contributed by atoms with E-state index in [0.717, 1.165) is 18.4 Å². The van der Waals surface area contributed by atoms with E-state index in [0.29, 0.717) is 24.9 Å². The Morgan fingerprint density at radius 3 is 2.57 bits per heavy atom. The molecule has 0 aromatic heterocycles. The lowest BCUT2D eigenvalue weighted by Crippen LogP contribution is -2.53. The maximum atomic E-state index is 12.1. The van der Waals surface area contributed by atoms with Crippen LogP contribution in [0.5, 0.6) is 5.75 Å². The second-order valence-electron chi connectivity index (χ2n) is 5.74. The maximum Gasteiger partial charge on any atom is 0.261 e. The molecule has 2 fully saturated rings. The van der Waals surface area contributed by atoms with Gasteiger partial charge < -0.3 is 14.5 Å². The summed E-state index contributed by atoms with van der Waals surface area (Å²) in [6.07, 6.45) is 2.21. The van der Waals surface area contributed by atoms with Crippen molar-refractivity contribution < 1.29 is 14.3 Å². The van der Waals surface area contributed by atoms with Crippen molar-refractivity contribution in [1.82, 2.24) is 9.80 Å². The summed E-state index contributed by atoms with van der Waals surface area (Å²) in [7, 11) is 0. The first-order valence-electron chi connectivity index (χ1n) is 7.40. The second kappa shape index (κ2) is 5.76. The summed E-state index contributed by atoms with van der Waals surface area (Å²) in [5.41, 5.74) is 1.15. The van der Waals surface area contributed by atoms with Gasteiger partial charge in [0.1, 0.15) is 5.75 Å². The van der Waals surface area contributed by atoms with Crippen LogP contribution in [0.1, 0.15) is 18.4 Å². The van der Waals surface area contributed by atoms with Crippen molar-refractivity contribution in [2.75, 3.05) is 26.2 Å². The molecule has 1 aliphatic carbocycles. The number of piperazine rings is 1. The molecule has 3 rings (SSSR count). The molecule has 0 unspecified atom stereocenters. The SMILES string of the molecule is Cc1ccc(OCC(=O)N2CCN(C3CC3)C(=O)C2)cc1. The topological polar surface area (TPSA) is 49.9 Å². The average Bonchev–Trinajstić information content (AvgIpc) is 3.31. The van der Waals surface area contributed by atoms with Crippen molar-refractivity contribution in [3.05, 3.63) is 29.8 Å². The Kier molecular flexibility index (Phi) is 3.82. The summed E-state index contributed by atoms with van der Waals surface area (Å²) in [6.45, 7) is 3.43. The Hall–Kier alpha value is -2.04. The molecule has 5 nitrogen and oxygen atoms in total. The molecule has 0 atom stereocenters. The maximum absolute atomic E-state index is 12.1. The van der Waals surface area contributed by atoms with Gasteiger partial charge in [-0.25, -0.2) is 0 Å². The van der Waals surface area contributed by atoms with Crippen LogP contribution in [-0.2, 0) is 9.59 Å². The molecule has 2 aliphatic rings. The van der Waals surface area contributed by atoms with Crippen LogP contribution in [0.3, 0.4) is 0 Å². The van der Waals surface area contributed by atoms with Gasteiger partial charge in [0.25, 0.3) is 5.91 Å². The molecule has 2 amide bonds. The van der Waals surface area contributed by atoms with E-state index in [1.165, 1.54) is 0 Å². The Bertz CT molecular complexity index is 537. The standard InChI is InChI=1S/C16H20N2O3/c1-12-2-6-14(7-3-12)21-11-16(20)17-8-9-18(13-4-5-13)15(19)10-17/h2-3,6-7,13H,4-5,8-11H2,1H3. The zero-order valence-corrected chi connectivity index (χ0v) is 12.2. The van der Waals surface area contributed by atoms with Gasteiger partial charge in [-0.05, 0) is 31.9 Å². The first-order valence-corrected chi connectivity index (χ1v) is 7.40. The summed E-state index contributed by atoms with van der Waals surface area (Å²) >= 11 is 0. The van der Waals surface area contributed by atoms with Gasteiger partial charge in [0.2, 0.25) is 5.91 Å². The summed E-state index contributed by atoms with van der Waals surface area (Å²) in [5.74, 6) is 0.615. The van der Waals surface area contributed by atoms with Gasteiger partial charge in [0.15, 0.2) is 6.61 Å². The number of benzene rings is 1. The van der Waals surface area contributed by atoms with Crippen molar-refractivity contribution in [1.29, 1.82) is 0 Å². The third kappa shape index (κ3) is 3.35. The van der Waals surface area contributed by atoms with Gasteiger partial charge in [0.05, 0.1) is 6.54 Å². The highest BCUT2D eigenvalue weighted by Crippen LogP contribution is 2.28. The molecular weight excluding hydrogens is 268 g/mol. The number of nitrogens with zero attached hydrogens (tertiary/aromatic N) is 2. The van der Waals surface area contributed by atoms with Crippen molar-refractivity contribution in [3.8, 4) is 5.75 Å². The number of aryl methyl sites for hydroxylation is 1. The fourth-order valence-electron chi connectivity index (χ4n) is 2.54. The van der Waals surface area contributed by atoms with Crippen molar-refractivity contribution in [2.45, 2.75) is 25.8 Å². The van der Waals surface area contributed by atoms with Crippen molar-refractivity contribution in [2.24, 2.45) is 0 Å². The molecule has 0 N–H and O–H groups in total. The second-order valence-corrected chi connectivity index (χ2v) is 5.74. The van der Waals surface area contributed by atoms with Gasteiger partial charge in [-0.2, -0.15) is 0 Å². The predicted molar refractivity (Wildman–Crippen MR) is 78.0 cm³/mol. The van der Waals surface area contributed by atoms with E-state index in [-0.39, 0.29) is 25.0 Å². The Balaban J connectivity index is 1.49. The van der Waals surface area contributed by atoms with E-state index in [1.807, 2.05) is 36.1 Å². The molecule has 1 aliphatic heterocycles. The van der Waals surface area contributed by atoms with Crippen LogP contribution in [0.2, 0.25) is 0 Å². The largest absolute Gasteiger partial charge is 0.484 e. The number of carbonyl (C=O) groups is 2. The molecule has 0 radical (unpaired) electrons. The predicted octanol–water partition coefficient (Wildman–Crippen LogP) is 1.21. The zero-order valence-electron chi connectivity index (χ0n) is 12.2. The van der Waals surface area contributed by atoms with Crippen molar-refractivity contribution in [3.63, 3.8) is 0 Å². The molecule has 0 bridgehead atoms. The fourth-order valence-corrected chi connectivity index (χ4v) is 2.54. The molecule has 0 spiro atoms. The van der Waals surface area contributed by atoms with Gasteiger partial charge >= 0.3 is 0 Å². The lowest BCUT2D eigenvalue weighted by atomic mass is 10.2. The molecule has 1 saturated heterocycles. The molecule has 1 aromatic carbocycles. The molecule has 1 saturated carbocycles. The van der Waals surface area contributed by atoms with E-state index in [2.05, 4.69) is 0 Å². The third-order valence-corrected chi connectivity index (χ3v) is 3.98. The van der Waals surface area contributed by atoms with E-state index >= 15 is 0 Å². The van der Waals surface area contributed by atoms with Gasteiger partial charge in [-0.15, -0.1) is 0 Å². The van der Waals surface area contributed by atoms with Gasteiger partial charge in [-0.1, -0.05) is 17.7 Å². The van der Waals surface area contributed by atoms with Gasteiger partial charge in [0, 0.05) is 19.1 Å². The van der Waals surface area contributed by atoms with Crippen LogP contribution >= 0.6 is 0 Å². The Labute approximate surface area is 124 Å². The van der Waals surface area contributed by atoms with Crippen LogP contribution in [0, 0.1) is 6.92 Å². The molecular formula is C16H20N2O3. The molecule has 112 valence electrons. The quantitative estimate of drug-likeness (QED) is 0.836. The smallest absolute Gasteiger partial charge is 0.261 e. The Morgan fingerprint density at radius 2 is 1.95 bits per heavy atom. The third-order valence-electron chi connectivity index (χ3n) is 3.98. The number of hydrogen-bond acceptors (Lipinski definition) is 3. The van der Waals surface area contributed by atoms with E-state index < -0.39 is 0 Å². The normalized spacial score (nSPS) is 18.8. The summed E-state index contributed by atoms with van der Waals surface area (Å²) in [6, 6.07) is 8.01. The molecule has 1 aromatic rings. The fraction of sp³-hybridized carbons (Fsp3) is 0.500. The van der Waals surface area contributed by atoms with Crippen LogP contribution in [0.4, 0.5) is 0 Å². The lowest BCUT2D eigenvalue weighted by Gasteiger charge is -2.34. The van der Waals surface area contributed by atoms with Crippen LogP contribution in [-0.4, -0.2) is 53.9 Å². The van der Waals surface area contributed by atoms with Crippen molar-refractivity contribution >= 4 is 11.8 Å². The molecule has 1 heterocycles. The zero-order chi connectivity index (χ0) is 14.8. The summed E-state index contributed by atoms with van der Waals surface area (Å²) in [4.78, 5) is 27.6. The monoisotopic (exact) mass is 288 g/mol. The van der Waals surface area contributed by atoms with Crippen LogP contribution in [0.15, 0.2) is 24.3 Å². The minimum atomic E-state index is -0.126. The van der Waals surface area contributed by atoms with Gasteiger partial charge in [-0.3, -0.25) is 9.59 Å². The van der Waals surface area contributed by atoms with E-state index in [1.54, 1.807) is 4.90 Å². The van der Waals surface area contributed by atoms with E-state index in [4.69, 9.17) is 4.74 Å². The number of hydrogen-bond donors (Lipinski definition) is 0. The number of rotatable bonds is 4. The minimum Gasteiger partial charge on any atom is -0.484 e. The highest BCUT2D eigenvalue weighted by atomic mass is 16.5. The molecule has 5 heteroatoms. The number of carbonyl (C=O) groups excluding carboxylic acids is 2. The minimum absolute atomic E-state index is 0.0141. The summed E-state index contributed by atoms with van der Waals surface area (Å²) < 4.78 is 5.48. The molecule has 21 heavy (non-hydrogen) atoms.